The lowest BCUT2D eigenvalue weighted by Crippen LogP contribution is -2.01. The normalized spacial score (nSPS) is 17.7. The molecule has 0 spiro atoms. The van der Waals surface area contributed by atoms with E-state index in [1.165, 1.54) is 5.56 Å². The standard InChI is InChI=1S/C12H9NO/c14-10-4-5-11-12-8(6-10)2-1-3-9(12)7-13-11/h1-3,5,7H,4,6H2. The van der Waals surface area contributed by atoms with Crippen molar-refractivity contribution in [1.29, 1.82) is 0 Å². The molecular formula is C12H9NO. The fourth-order valence-electron chi connectivity index (χ4n) is 2.04. The van der Waals surface area contributed by atoms with Gasteiger partial charge in [0.1, 0.15) is 5.78 Å². The molecule has 0 N–H and O–H groups in total. The third-order valence-electron chi connectivity index (χ3n) is 2.69. The van der Waals surface area contributed by atoms with Gasteiger partial charge < -0.3 is 0 Å². The molecule has 3 rings (SSSR count). The first-order valence-corrected chi connectivity index (χ1v) is 4.73. The lowest BCUT2D eigenvalue weighted by atomic mass is 9.99. The second-order valence-corrected chi connectivity index (χ2v) is 3.65. The molecule has 1 aliphatic heterocycles. The maximum Gasteiger partial charge on any atom is 0.141 e. The Morgan fingerprint density at radius 2 is 2.21 bits per heavy atom. The summed E-state index contributed by atoms with van der Waals surface area (Å²) in [7, 11) is 0. The first kappa shape index (κ1) is 7.68. The number of aliphatic imine (C=N–C) groups is 1. The highest BCUT2D eigenvalue weighted by molar-refractivity contribution is 6.01. The smallest absolute Gasteiger partial charge is 0.141 e. The third kappa shape index (κ3) is 0.970. The van der Waals surface area contributed by atoms with E-state index in [1.807, 2.05) is 30.5 Å². The highest BCUT2D eigenvalue weighted by atomic mass is 16.1. The summed E-state index contributed by atoms with van der Waals surface area (Å²) in [6, 6.07) is 6.05. The van der Waals surface area contributed by atoms with Crippen molar-refractivity contribution in [3.05, 3.63) is 41.0 Å². The SMILES string of the molecule is O=C1CC=C2N=Cc3cccc(c32)C1. The number of hydrogen-bond acceptors (Lipinski definition) is 2. The molecule has 1 aromatic rings. The summed E-state index contributed by atoms with van der Waals surface area (Å²) < 4.78 is 0. The molecule has 1 heterocycles. The van der Waals surface area contributed by atoms with Crippen molar-refractivity contribution in [2.24, 2.45) is 4.99 Å². The van der Waals surface area contributed by atoms with E-state index in [2.05, 4.69) is 4.99 Å². The van der Waals surface area contributed by atoms with Gasteiger partial charge in [-0.05, 0) is 5.56 Å². The van der Waals surface area contributed by atoms with Gasteiger partial charge in [0.15, 0.2) is 0 Å². The van der Waals surface area contributed by atoms with Crippen LogP contribution in [0, 0.1) is 0 Å². The van der Waals surface area contributed by atoms with Crippen molar-refractivity contribution in [3.63, 3.8) is 0 Å². The Kier molecular flexibility index (Phi) is 1.45. The molecule has 0 saturated carbocycles. The summed E-state index contributed by atoms with van der Waals surface area (Å²) in [6.07, 6.45) is 4.87. The van der Waals surface area contributed by atoms with Crippen molar-refractivity contribution in [2.75, 3.05) is 0 Å². The number of ketones is 1. The minimum Gasteiger partial charge on any atom is -0.299 e. The molecule has 0 unspecified atom stereocenters. The molecule has 0 saturated heterocycles. The predicted molar refractivity (Wildman–Crippen MR) is 55.3 cm³/mol. The quantitative estimate of drug-likeness (QED) is 0.604. The number of allylic oxidation sites excluding steroid dienone is 1. The van der Waals surface area contributed by atoms with E-state index in [0.717, 1.165) is 16.8 Å². The average molecular weight is 183 g/mol. The van der Waals surface area contributed by atoms with Gasteiger partial charge >= 0.3 is 0 Å². The number of nitrogens with zero attached hydrogens (tertiary/aromatic N) is 1. The molecule has 0 aromatic heterocycles. The molecule has 0 atom stereocenters. The first-order chi connectivity index (χ1) is 6.84. The van der Waals surface area contributed by atoms with Crippen LogP contribution in [0.2, 0.25) is 0 Å². The fraction of sp³-hybridized carbons (Fsp3) is 0.167. The van der Waals surface area contributed by atoms with Crippen LogP contribution in [0.5, 0.6) is 0 Å². The van der Waals surface area contributed by atoms with Gasteiger partial charge in [-0.25, -0.2) is 0 Å². The number of carbonyl (C=O) groups excluding carboxylic acids is 1. The minimum absolute atomic E-state index is 0.274. The van der Waals surface area contributed by atoms with Crippen molar-refractivity contribution in [3.8, 4) is 0 Å². The van der Waals surface area contributed by atoms with Crippen LogP contribution in [0.3, 0.4) is 0 Å². The van der Waals surface area contributed by atoms with Crippen LogP contribution >= 0.6 is 0 Å². The Labute approximate surface area is 82.0 Å². The van der Waals surface area contributed by atoms with Gasteiger partial charge in [0.05, 0.1) is 5.70 Å². The second kappa shape index (κ2) is 2.64. The Morgan fingerprint density at radius 1 is 1.29 bits per heavy atom. The van der Waals surface area contributed by atoms with E-state index in [4.69, 9.17) is 0 Å². The maximum absolute atomic E-state index is 11.4. The molecule has 68 valence electrons. The summed E-state index contributed by atoms with van der Waals surface area (Å²) in [5, 5.41) is 0. The molecule has 1 aliphatic carbocycles. The van der Waals surface area contributed by atoms with Crippen LogP contribution in [0.1, 0.15) is 23.1 Å². The fourth-order valence-corrected chi connectivity index (χ4v) is 2.04. The Balaban J connectivity index is 2.30. The summed E-state index contributed by atoms with van der Waals surface area (Å²) in [4.78, 5) is 15.7. The molecule has 1 aromatic carbocycles. The van der Waals surface area contributed by atoms with E-state index >= 15 is 0 Å². The van der Waals surface area contributed by atoms with Crippen LogP contribution in [0.15, 0.2) is 29.3 Å². The molecule has 14 heavy (non-hydrogen) atoms. The van der Waals surface area contributed by atoms with Crippen molar-refractivity contribution in [2.45, 2.75) is 12.8 Å². The third-order valence-corrected chi connectivity index (χ3v) is 2.69. The maximum atomic E-state index is 11.4. The minimum atomic E-state index is 0.274. The summed E-state index contributed by atoms with van der Waals surface area (Å²) in [5.74, 6) is 0.274. The highest BCUT2D eigenvalue weighted by Crippen LogP contribution is 2.31. The molecule has 0 radical (unpaired) electrons. The van der Waals surface area contributed by atoms with Crippen LogP contribution in [-0.4, -0.2) is 12.0 Å². The predicted octanol–water partition coefficient (Wildman–Crippen LogP) is 1.98. The van der Waals surface area contributed by atoms with E-state index in [1.54, 1.807) is 0 Å². The number of carbonyl (C=O) groups is 1. The lowest BCUT2D eigenvalue weighted by Gasteiger charge is -2.04. The molecule has 2 heteroatoms. The van der Waals surface area contributed by atoms with Crippen LogP contribution < -0.4 is 0 Å². The van der Waals surface area contributed by atoms with Gasteiger partial charge in [0.25, 0.3) is 0 Å². The zero-order chi connectivity index (χ0) is 9.54. The summed E-state index contributed by atoms with van der Waals surface area (Å²) in [5.41, 5.74) is 4.40. The van der Waals surface area contributed by atoms with Crippen molar-refractivity contribution in [1.82, 2.24) is 0 Å². The van der Waals surface area contributed by atoms with Gasteiger partial charge in [-0.1, -0.05) is 24.3 Å². The topological polar surface area (TPSA) is 29.4 Å². The first-order valence-electron chi connectivity index (χ1n) is 4.73. The largest absolute Gasteiger partial charge is 0.299 e. The number of benzene rings is 1. The average Bonchev–Trinajstić information content (AvgIpc) is 2.51. The van der Waals surface area contributed by atoms with Gasteiger partial charge in [0, 0.05) is 30.2 Å². The van der Waals surface area contributed by atoms with Gasteiger partial charge in [-0.15, -0.1) is 0 Å². The Bertz CT molecular complexity index is 483. The summed E-state index contributed by atoms with van der Waals surface area (Å²) in [6.45, 7) is 0. The molecule has 0 bridgehead atoms. The van der Waals surface area contributed by atoms with Crippen molar-refractivity contribution >= 4 is 17.7 Å². The number of hydrogen-bond donors (Lipinski definition) is 0. The van der Waals surface area contributed by atoms with Gasteiger partial charge in [-0.2, -0.15) is 0 Å². The van der Waals surface area contributed by atoms with E-state index in [0.29, 0.717) is 12.8 Å². The van der Waals surface area contributed by atoms with Crippen LogP contribution in [0.4, 0.5) is 0 Å². The van der Waals surface area contributed by atoms with Crippen LogP contribution in [0.25, 0.3) is 5.70 Å². The summed E-state index contributed by atoms with van der Waals surface area (Å²) >= 11 is 0. The van der Waals surface area contributed by atoms with E-state index in [9.17, 15) is 4.79 Å². The molecule has 0 amide bonds. The molecule has 2 nitrogen and oxygen atoms in total. The van der Waals surface area contributed by atoms with Crippen LogP contribution in [-0.2, 0) is 11.2 Å². The number of rotatable bonds is 0. The van der Waals surface area contributed by atoms with Crippen molar-refractivity contribution < 1.29 is 4.79 Å². The zero-order valence-corrected chi connectivity index (χ0v) is 7.66. The Morgan fingerprint density at radius 3 is 3.14 bits per heavy atom. The van der Waals surface area contributed by atoms with Gasteiger partial charge in [0.2, 0.25) is 0 Å². The number of Topliss-reactive ketones (excluding diaryl/α,β-unsaturated/α-hetero) is 1. The van der Waals surface area contributed by atoms with Gasteiger partial charge in [-0.3, -0.25) is 9.79 Å². The second-order valence-electron chi connectivity index (χ2n) is 3.65. The molecule has 0 fully saturated rings. The molecular weight excluding hydrogens is 174 g/mol. The lowest BCUT2D eigenvalue weighted by molar-refractivity contribution is -0.117. The Hall–Kier alpha value is -1.70. The zero-order valence-electron chi connectivity index (χ0n) is 7.66. The van der Waals surface area contributed by atoms with E-state index in [-0.39, 0.29) is 5.78 Å². The van der Waals surface area contributed by atoms with E-state index < -0.39 is 0 Å². The highest BCUT2D eigenvalue weighted by Gasteiger charge is 2.20. The monoisotopic (exact) mass is 183 g/mol. The molecule has 2 aliphatic rings.